The molecular formula is C21H34O3. The van der Waals surface area contributed by atoms with Crippen molar-refractivity contribution >= 4 is 5.97 Å². The average molecular weight is 335 g/mol. The van der Waals surface area contributed by atoms with Gasteiger partial charge in [-0.2, -0.15) is 0 Å². The molecule has 1 N–H and O–H groups in total. The molecule has 1 aromatic carbocycles. The van der Waals surface area contributed by atoms with Crippen LogP contribution < -0.4 is 0 Å². The third-order valence-electron chi connectivity index (χ3n) is 4.49. The minimum atomic E-state index is -0.888. The Kier molecular flexibility index (Phi) is 11.2. The molecule has 0 aliphatic heterocycles. The largest absolute Gasteiger partial charge is 0.478 e. The van der Waals surface area contributed by atoms with Crippen LogP contribution >= 0.6 is 0 Å². The molecule has 0 spiro atoms. The van der Waals surface area contributed by atoms with Crippen molar-refractivity contribution in [3.63, 3.8) is 0 Å². The summed E-state index contributed by atoms with van der Waals surface area (Å²) in [6.45, 7) is 5.05. The molecule has 0 fully saturated rings. The van der Waals surface area contributed by atoms with Gasteiger partial charge in [0.1, 0.15) is 0 Å². The Morgan fingerprint density at radius 2 is 1.42 bits per heavy atom. The van der Waals surface area contributed by atoms with E-state index in [1.807, 2.05) is 19.1 Å². The lowest BCUT2D eigenvalue weighted by atomic mass is 10.1. The van der Waals surface area contributed by atoms with Crippen LogP contribution in [0, 0.1) is 0 Å². The van der Waals surface area contributed by atoms with E-state index in [0.29, 0.717) is 5.56 Å². The summed E-state index contributed by atoms with van der Waals surface area (Å²) in [4.78, 5) is 10.8. The fraction of sp³-hybridized carbons (Fsp3) is 0.667. The topological polar surface area (TPSA) is 46.5 Å². The lowest BCUT2D eigenvalue weighted by Gasteiger charge is -2.13. The summed E-state index contributed by atoms with van der Waals surface area (Å²) in [7, 11) is 0. The standard InChI is InChI=1S/C21H34O3/c1-3-4-5-6-7-8-9-10-11-12-17-24-18(2)19-13-15-20(16-14-19)21(22)23/h13-16,18H,3-12,17H2,1-2H3,(H,22,23). The van der Waals surface area contributed by atoms with Crippen molar-refractivity contribution in [1.29, 1.82) is 0 Å². The van der Waals surface area contributed by atoms with Crippen LogP contribution in [0.5, 0.6) is 0 Å². The second-order valence-electron chi connectivity index (χ2n) is 6.62. The van der Waals surface area contributed by atoms with Crippen LogP contribution in [0.3, 0.4) is 0 Å². The van der Waals surface area contributed by atoms with Gasteiger partial charge in [0.25, 0.3) is 0 Å². The Morgan fingerprint density at radius 3 is 1.92 bits per heavy atom. The van der Waals surface area contributed by atoms with E-state index in [1.54, 1.807) is 12.1 Å². The minimum Gasteiger partial charge on any atom is -0.478 e. The van der Waals surface area contributed by atoms with Crippen LogP contribution in [0.4, 0.5) is 0 Å². The maximum absolute atomic E-state index is 10.8. The predicted octanol–water partition coefficient (Wildman–Crippen LogP) is 6.38. The molecule has 1 unspecified atom stereocenters. The SMILES string of the molecule is CCCCCCCCCCCCOC(C)c1ccc(C(=O)O)cc1. The molecule has 0 amide bonds. The number of unbranched alkanes of at least 4 members (excludes halogenated alkanes) is 9. The van der Waals surface area contributed by atoms with Crippen molar-refractivity contribution in [2.45, 2.75) is 84.2 Å². The highest BCUT2D eigenvalue weighted by atomic mass is 16.5. The summed E-state index contributed by atoms with van der Waals surface area (Å²) in [5.41, 5.74) is 1.35. The molecule has 0 saturated carbocycles. The first kappa shape index (κ1) is 20.7. The van der Waals surface area contributed by atoms with Crippen LogP contribution in [0.25, 0.3) is 0 Å². The molecule has 0 aliphatic rings. The fourth-order valence-electron chi connectivity index (χ4n) is 2.84. The second-order valence-corrected chi connectivity index (χ2v) is 6.62. The number of rotatable bonds is 14. The van der Waals surface area contributed by atoms with Crippen LogP contribution in [0.1, 0.15) is 100 Å². The van der Waals surface area contributed by atoms with Gasteiger partial charge in [0.05, 0.1) is 11.7 Å². The summed E-state index contributed by atoms with van der Waals surface area (Å²) >= 11 is 0. The number of carbonyl (C=O) groups is 1. The third-order valence-corrected chi connectivity index (χ3v) is 4.49. The van der Waals surface area contributed by atoms with Crippen molar-refractivity contribution in [3.8, 4) is 0 Å². The van der Waals surface area contributed by atoms with Gasteiger partial charge in [0.2, 0.25) is 0 Å². The van der Waals surface area contributed by atoms with Gasteiger partial charge >= 0.3 is 5.97 Å². The molecule has 1 aromatic rings. The smallest absolute Gasteiger partial charge is 0.335 e. The van der Waals surface area contributed by atoms with E-state index in [9.17, 15) is 4.79 Å². The number of hydrogen-bond acceptors (Lipinski definition) is 2. The highest BCUT2D eigenvalue weighted by Gasteiger charge is 2.07. The molecule has 0 radical (unpaired) electrons. The molecule has 0 saturated heterocycles. The summed E-state index contributed by atoms with van der Waals surface area (Å²) in [6.07, 6.45) is 13.3. The Balaban J connectivity index is 2.01. The number of aromatic carboxylic acids is 1. The number of benzene rings is 1. The third kappa shape index (κ3) is 9.07. The molecular weight excluding hydrogens is 300 g/mol. The number of carboxylic acid groups (broad SMARTS) is 1. The van der Waals surface area contributed by atoms with Crippen LogP contribution in [0.2, 0.25) is 0 Å². The van der Waals surface area contributed by atoms with Crippen LogP contribution in [0.15, 0.2) is 24.3 Å². The zero-order chi connectivity index (χ0) is 17.6. The van der Waals surface area contributed by atoms with E-state index in [4.69, 9.17) is 9.84 Å². The number of ether oxygens (including phenoxy) is 1. The lowest BCUT2D eigenvalue weighted by molar-refractivity contribution is 0.0624. The first-order valence-corrected chi connectivity index (χ1v) is 9.60. The summed E-state index contributed by atoms with van der Waals surface area (Å²) in [6, 6.07) is 6.95. The van der Waals surface area contributed by atoms with Gasteiger partial charge in [-0.25, -0.2) is 4.79 Å². The van der Waals surface area contributed by atoms with Gasteiger partial charge in [-0.15, -0.1) is 0 Å². The van der Waals surface area contributed by atoms with Gasteiger partial charge in [-0.3, -0.25) is 0 Å². The van der Waals surface area contributed by atoms with Gasteiger partial charge in [-0.05, 0) is 31.0 Å². The Morgan fingerprint density at radius 1 is 0.917 bits per heavy atom. The van der Waals surface area contributed by atoms with Crippen molar-refractivity contribution in [3.05, 3.63) is 35.4 Å². The number of hydrogen-bond donors (Lipinski definition) is 1. The van der Waals surface area contributed by atoms with Gasteiger partial charge in [0.15, 0.2) is 0 Å². The molecule has 1 rings (SSSR count). The average Bonchev–Trinajstić information content (AvgIpc) is 2.59. The molecule has 0 bridgehead atoms. The van der Waals surface area contributed by atoms with Crippen LogP contribution in [-0.2, 0) is 4.74 Å². The fourth-order valence-corrected chi connectivity index (χ4v) is 2.84. The normalized spacial score (nSPS) is 12.2. The molecule has 3 heteroatoms. The van der Waals surface area contributed by atoms with E-state index >= 15 is 0 Å². The van der Waals surface area contributed by atoms with E-state index in [2.05, 4.69) is 6.92 Å². The highest BCUT2D eigenvalue weighted by Crippen LogP contribution is 2.18. The Hall–Kier alpha value is -1.35. The highest BCUT2D eigenvalue weighted by molar-refractivity contribution is 5.87. The molecule has 0 aromatic heterocycles. The van der Waals surface area contributed by atoms with Crippen LogP contribution in [-0.4, -0.2) is 17.7 Å². The molecule has 24 heavy (non-hydrogen) atoms. The molecule has 1 atom stereocenters. The summed E-state index contributed by atoms with van der Waals surface area (Å²) in [5.74, 6) is -0.888. The van der Waals surface area contributed by atoms with Crippen molar-refractivity contribution in [2.75, 3.05) is 6.61 Å². The lowest BCUT2D eigenvalue weighted by Crippen LogP contribution is -2.03. The van der Waals surface area contributed by atoms with E-state index in [1.165, 1.54) is 57.8 Å². The maximum Gasteiger partial charge on any atom is 0.335 e. The molecule has 3 nitrogen and oxygen atoms in total. The summed E-state index contributed by atoms with van der Waals surface area (Å²) in [5, 5.41) is 8.90. The number of carboxylic acids is 1. The molecule has 136 valence electrons. The maximum atomic E-state index is 10.8. The van der Waals surface area contributed by atoms with E-state index in [-0.39, 0.29) is 6.10 Å². The Labute approximate surface area is 147 Å². The molecule has 0 aliphatic carbocycles. The van der Waals surface area contributed by atoms with Gasteiger partial charge in [0, 0.05) is 6.61 Å². The van der Waals surface area contributed by atoms with Crippen molar-refractivity contribution in [2.24, 2.45) is 0 Å². The first-order valence-electron chi connectivity index (χ1n) is 9.60. The first-order chi connectivity index (χ1) is 11.6. The van der Waals surface area contributed by atoms with Gasteiger partial charge in [-0.1, -0.05) is 76.8 Å². The minimum absolute atomic E-state index is 0.0198. The second kappa shape index (κ2) is 13.0. The van der Waals surface area contributed by atoms with Crippen molar-refractivity contribution in [1.82, 2.24) is 0 Å². The van der Waals surface area contributed by atoms with Crippen molar-refractivity contribution < 1.29 is 14.6 Å². The monoisotopic (exact) mass is 334 g/mol. The zero-order valence-electron chi connectivity index (χ0n) is 15.4. The van der Waals surface area contributed by atoms with E-state index in [0.717, 1.165) is 18.6 Å². The predicted molar refractivity (Wildman–Crippen MR) is 99.6 cm³/mol. The summed E-state index contributed by atoms with van der Waals surface area (Å²) < 4.78 is 5.85. The Bertz CT molecular complexity index is 439. The zero-order valence-corrected chi connectivity index (χ0v) is 15.4. The molecule has 0 heterocycles. The van der Waals surface area contributed by atoms with E-state index < -0.39 is 5.97 Å². The quantitative estimate of drug-likeness (QED) is 0.401. The van der Waals surface area contributed by atoms with Gasteiger partial charge < -0.3 is 9.84 Å².